The number of fused-ring (bicyclic) bond motifs is 3. The number of hydrogen-bond donors (Lipinski definition) is 3. The Hall–Kier alpha value is -4.14. The standard InChI is InChI=1S/C25H26N4O5/c1-15(2)29-12-11-22(28-29)27-24(32)21(13-23(30)31)26-25(33)34-14-20-18-9-5-3-7-16(18)17-8-4-6-10-19(17)20/h3-12,15,20-21H,13-14H2,1-2H3,(H,26,33)(H,30,31)(H,27,28,32). The number of benzene rings is 2. The Morgan fingerprint density at radius 1 is 1.03 bits per heavy atom. The Morgan fingerprint density at radius 3 is 2.21 bits per heavy atom. The van der Waals surface area contributed by atoms with E-state index < -0.39 is 30.4 Å². The van der Waals surface area contributed by atoms with E-state index in [1.807, 2.05) is 62.4 Å². The molecule has 1 heterocycles. The first kappa shape index (κ1) is 23.0. The average molecular weight is 463 g/mol. The molecule has 0 saturated carbocycles. The number of carboxylic acids is 1. The minimum Gasteiger partial charge on any atom is -0.481 e. The van der Waals surface area contributed by atoms with Gasteiger partial charge >= 0.3 is 12.1 Å². The maximum atomic E-state index is 12.7. The molecule has 1 unspecified atom stereocenters. The van der Waals surface area contributed by atoms with E-state index >= 15 is 0 Å². The van der Waals surface area contributed by atoms with Gasteiger partial charge < -0.3 is 20.5 Å². The van der Waals surface area contributed by atoms with Gasteiger partial charge in [-0.25, -0.2) is 4.79 Å². The van der Waals surface area contributed by atoms with E-state index in [2.05, 4.69) is 15.7 Å². The molecular formula is C25H26N4O5. The molecule has 2 aromatic carbocycles. The normalized spacial score (nSPS) is 13.1. The van der Waals surface area contributed by atoms with Gasteiger partial charge in [0.05, 0.1) is 6.42 Å². The van der Waals surface area contributed by atoms with Crippen molar-refractivity contribution in [1.29, 1.82) is 0 Å². The lowest BCUT2D eigenvalue weighted by Crippen LogP contribution is -2.45. The van der Waals surface area contributed by atoms with Crippen LogP contribution < -0.4 is 10.6 Å². The van der Waals surface area contributed by atoms with Gasteiger partial charge in [0.2, 0.25) is 5.91 Å². The summed E-state index contributed by atoms with van der Waals surface area (Å²) >= 11 is 0. The highest BCUT2D eigenvalue weighted by molar-refractivity contribution is 5.97. The van der Waals surface area contributed by atoms with Gasteiger partial charge in [-0.15, -0.1) is 0 Å². The fraction of sp³-hybridized carbons (Fsp3) is 0.280. The van der Waals surface area contributed by atoms with Gasteiger partial charge in [-0.1, -0.05) is 48.5 Å². The molecule has 2 amide bonds. The number of anilines is 1. The highest BCUT2D eigenvalue weighted by atomic mass is 16.5. The van der Waals surface area contributed by atoms with Crippen molar-refractivity contribution in [3.63, 3.8) is 0 Å². The zero-order valence-corrected chi connectivity index (χ0v) is 18.9. The van der Waals surface area contributed by atoms with Crippen molar-refractivity contribution < 1.29 is 24.2 Å². The number of aliphatic carboxylic acids is 1. The molecule has 0 bridgehead atoms. The molecule has 0 saturated heterocycles. The number of nitrogens with zero attached hydrogens (tertiary/aromatic N) is 2. The number of aromatic nitrogens is 2. The van der Waals surface area contributed by atoms with Gasteiger partial charge in [-0.3, -0.25) is 14.3 Å². The van der Waals surface area contributed by atoms with Gasteiger partial charge in [0.25, 0.3) is 0 Å². The molecule has 3 aromatic rings. The lowest BCUT2D eigenvalue weighted by atomic mass is 9.98. The molecule has 9 nitrogen and oxygen atoms in total. The van der Waals surface area contributed by atoms with Crippen molar-refractivity contribution in [2.24, 2.45) is 0 Å². The van der Waals surface area contributed by atoms with Crippen LogP contribution in [-0.4, -0.2) is 45.5 Å². The summed E-state index contributed by atoms with van der Waals surface area (Å²) < 4.78 is 7.10. The first-order valence-corrected chi connectivity index (χ1v) is 11.0. The highest BCUT2D eigenvalue weighted by Gasteiger charge is 2.30. The topological polar surface area (TPSA) is 123 Å². The number of nitrogens with one attached hydrogen (secondary N) is 2. The van der Waals surface area contributed by atoms with Crippen LogP contribution in [0, 0.1) is 0 Å². The van der Waals surface area contributed by atoms with Gasteiger partial charge in [-0.2, -0.15) is 5.10 Å². The molecule has 9 heteroatoms. The summed E-state index contributed by atoms with van der Waals surface area (Å²) in [6, 6.07) is 16.2. The predicted molar refractivity (Wildman–Crippen MR) is 125 cm³/mol. The van der Waals surface area contributed by atoms with E-state index in [-0.39, 0.29) is 24.4 Å². The summed E-state index contributed by atoms with van der Waals surface area (Å²) in [6.45, 7) is 3.93. The Morgan fingerprint density at radius 2 is 1.65 bits per heavy atom. The van der Waals surface area contributed by atoms with Crippen molar-refractivity contribution in [3.05, 3.63) is 71.9 Å². The third-order valence-electron chi connectivity index (χ3n) is 5.72. The van der Waals surface area contributed by atoms with Crippen LogP contribution in [0.25, 0.3) is 11.1 Å². The summed E-state index contributed by atoms with van der Waals surface area (Å²) in [4.78, 5) is 36.5. The van der Waals surface area contributed by atoms with Crippen LogP contribution in [0.1, 0.15) is 43.4 Å². The largest absolute Gasteiger partial charge is 0.481 e. The van der Waals surface area contributed by atoms with Crippen molar-refractivity contribution in [2.45, 2.75) is 38.3 Å². The van der Waals surface area contributed by atoms with Gasteiger partial charge in [-0.05, 0) is 36.1 Å². The first-order chi connectivity index (χ1) is 16.3. The smallest absolute Gasteiger partial charge is 0.407 e. The maximum absolute atomic E-state index is 12.7. The Labute approximate surface area is 196 Å². The minimum atomic E-state index is -1.32. The summed E-state index contributed by atoms with van der Waals surface area (Å²) in [5.41, 5.74) is 4.29. The number of amides is 2. The van der Waals surface area contributed by atoms with Crippen molar-refractivity contribution in [1.82, 2.24) is 15.1 Å². The zero-order chi connectivity index (χ0) is 24.2. The van der Waals surface area contributed by atoms with E-state index in [1.54, 1.807) is 16.9 Å². The third kappa shape index (κ3) is 4.93. The molecule has 34 heavy (non-hydrogen) atoms. The predicted octanol–water partition coefficient (Wildman–Crippen LogP) is 3.78. The number of carbonyl (C=O) groups is 3. The maximum Gasteiger partial charge on any atom is 0.407 e. The van der Waals surface area contributed by atoms with Crippen LogP contribution in [0.15, 0.2) is 60.8 Å². The molecule has 1 aromatic heterocycles. The SMILES string of the molecule is CC(C)n1ccc(NC(=O)C(CC(=O)O)NC(=O)OCC2c3ccccc3-c3ccccc32)n1. The zero-order valence-electron chi connectivity index (χ0n) is 18.9. The quantitative estimate of drug-likeness (QED) is 0.468. The Kier molecular flexibility index (Phi) is 6.62. The van der Waals surface area contributed by atoms with Gasteiger partial charge in [0, 0.05) is 24.2 Å². The second-order valence-electron chi connectivity index (χ2n) is 8.38. The van der Waals surface area contributed by atoms with Crippen LogP contribution in [0.2, 0.25) is 0 Å². The van der Waals surface area contributed by atoms with E-state index in [0.29, 0.717) is 0 Å². The first-order valence-electron chi connectivity index (χ1n) is 11.0. The van der Waals surface area contributed by atoms with E-state index in [1.165, 1.54) is 0 Å². The Bertz CT molecular complexity index is 1170. The molecule has 4 rings (SSSR count). The fourth-order valence-electron chi connectivity index (χ4n) is 4.07. The number of rotatable bonds is 8. The number of carboxylic acid groups (broad SMARTS) is 1. The highest BCUT2D eigenvalue weighted by Crippen LogP contribution is 2.44. The lowest BCUT2D eigenvalue weighted by molar-refractivity contribution is -0.139. The second-order valence-corrected chi connectivity index (χ2v) is 8.38. The molecule has 1 aliphatic carbocycles. The van der Waals surface area contributed by atoms with E-state index in [0.717, 1.165) is 22.3 Å². The van der Waals surface area contributed by atoms with Gasteiger partial charge in [0.1, 0.15) is 12.6 Å². The van der Waals surface area contributed by atoms with Gasteiger partial charge in [0.15, 0.2) is 5.82 Å². The van der Waals surface area contributed by atoms with E-state index in [4.69, 9.17) is 4.74 Å². The molecule has 0 fully saturated rings. The number of alkyl carbamates (subject to hydrolysis) is 1. The summed E-state index contributed by atoms with van der Waals surface area (Å²) in [5, 5.41) is 18.4. The number of hydrogen-bond acceptors (Lipinski definition) is 5. The molecule has 0 spiro atoms. The number of ether oxygens (including phenoxy) is 1. The summed E-state index contributed by atoms with van der Waals surface area (Å²) in [7, 11) is 0. The average Bonchev–Trinajstić information content (AvgIpc) is 3.40. The summed E-state index contributed by atoms with van der Waals surface area (Å²) in [6.07, 6.45) is 0.239. The van der Waals surface area contributed by atoms with Crippen LogP contribution in [0.4, 0.5) is 10.6 Å². The van der Waals surface area contributed by atoms with Crippen molar-refractivity contribution in [2.75, 3.05) is 11.9 Å². The molecule has 0 radical (unpaired) electrons. The molecular weight excluding hydrogens is 436 g/mol. The van der Waals surface area contributed by atoms with Crippen molar-refractivity contribution >= 4 is 23.8 Å². The second kappa shape index (κ2) is 9.78. The number of carbonyl (C=O) groups excluding carboxylic acids is 2. The van der Waals surface area contributed by atoms with Crippen LogP contribution >= 0.6 is 0 Å². The third-order valence-corrected chi connectivity index (χ3v) is 5.72. The van der Waals surface area contributed by atoms with Crippen LogP contribution in [0.5, 0.6) is 0 Å². The van der Waals surface area contributed by atoms with Crippen molar-refractivity contribution in [3.8, 4) is 11.1 Å². The van der Waals surface area contributed by atoms with Crippen LogP contribution in [-0.2, 0) is 14.3 Å². The Balaban J connectivity index is 1.41. The molecule has 0 aliphatic heterocycles. The monoisotopic (exact) mass is 462 g/mol. The molecule has 1 atom stereocenters. The molecule has 1 aliphatic rings. The molecule has 3 N–H and O–H groups in total. The lowest BCUT2D eigenvalue weighted by Gasteiger charge is -2.18. The summed E-state index contributed by atoms with van der Waals surface area (Å²) in [5.74, 6) is -1.80. The van der Waals surface area contributed by atoms with Crippen LogP contribution in [0.3, 0.4) is 0 Å². The fourth-order valence-corrected chi connectivity index (χ4v) is 4.07. The van der Waals surface area contributed by atoms with E-state index in [9.17, 15) is 19.5 Å². The minimum absolute atomic E-state index is 0.0556. The molecule has 176 valence electrons.